The number of nitrogens with zero attached hydrogens (tertiary/aromatic N) is 2. The maximum atomic E-state index is 5.44. The van der Waals surface area contributed by atoms with Gasteiger partial charge in [0.25, 0.3) is 0 Å². The summed E-state index contributed by atoms with van der Waals surface area (Å²) >= 11 is 0. The van der Waals surface area contributed by atoms with E-state index < -0.39 is 0 Å². The van der Waals surface area contributed by atoms with E-state index >= 15 is 0 Å². The van der Waals surface area contributed by atoms with Crippen LogP contribution in [-0.4, -0.2) is 23.7 Å². The van der Waals surface area contributed by atoms with E-state index in [1.54, 1.807) is 7.11 Å². The number of aryl methyl sites for hydroxylation is 2. The van der Waals surface area contributed by atoms with E-state index in [2.05, 4.69) is 23.3 Å². The third kappa shape index (κ3) is 2.24. The Morgan fingerprint density at radius 3 is 2.72 bits per heavy atom. The molecule has 1 aromatic heterocycles. The fourth-order valence-corrected chi connectivity index (χ4v) is 2.16. The first kappa shape index (κ1) is 12.6. The maximum Gasteiger partial charge on any atom is 0.130 e. The van der Waals surface area contributed by atoms with Crippen LogP contribution < -0.4 is 10.1 Å². The Labute approximate surface area is 108 Å². The highest BCUT2D eigenvalue weighted by Crippen LogP contribution is 2.29. The van der Waals surface area contributed by atoms with Crippen LogP contribution in [0.1, 0.15) is 23.0 Å². The van der Waals surface area contributed by atoms with E-state index in [9.17, 15) is 0 Å². The second-order valence-corrected chi connectivity index (χ2v) is 4.36. The number of hydrogen-bond acceptors (Lipinski definition) is 3. The Hall–Kier alpha value is -1.81. The van der Waals surface area contributed by atoms with Gasteiger partial charge >= 0.3 is 0 Å². The molecule has 2 aromatic rings. The molecule has 0 aliphatic rings. The van der Waals surface area contributed by atoms with Crippen LogP contribution in [0.15, 0.2) is 30.6 Å². The number of imidazole rings is 1. The fraction of sp³-hybridized carbons (Fsp3) is 0.357. The van der Waals surface area contributed by atoms with Crippen LogP contribution in [0, 0.1) is 6.92 Å². The lowest BCUT2D eigenvalue weighted by Crippen LogP contribution is -2.22. The van der Waals surface area contributed by atoms with Gasteiger partial charge in [0.15, 0.2) is 0 Å². The van der Waals surface area contributed by atoms with Crippen LogP contribution in [-0.2, 0) is 7.05 Å². The SMILES string of the molecule is CNC(c1cc(C)ccc1OC)c1nccn1C. The van der Waals surface area contributed by atoms with Gasteiger partial charge in [-0.25, -0.2) is 4.98 Å². The summed E-state index contributed by atoms with van der Waals surface area (Å²) in [5, 5.41) is 3.30. The van der Waals surface area contributed by atoms with Crippen LogP contribution in [0.4, 0.5) is 0 Å². The van der Waals surface area contributed by atoms with Crippen LogP contribution in [0.2, 0.25) is 0 Å². The third-order valence-electron chi connectivity index (χ3n) is 3.10. The Kier molecular flexibility index (Phi) is 3.67. The summed E-state index contributed by atoms with van der Waals surface area (Å²) in [6.07, 6.45) is 3.75. The van der Waals surface area contributed by atoms with Crippen molar-refractivity contribution in [3.8, 4) is 5.75 Å². The topological polar surface area (TPSA) is 39.1 Å². The van der Waals surface area contributed by atoms with Crippen LogP contribution in [0.3, 0.4) is 0 Å². The zero-order chi connectivity index (χ0) is 13.1. The molecule has 0 aliphatic carbocycles. The highest BCUT2D eigenvalue weighted by molar-refractivity contribution is 5.41. The van der Waals surface area contributed by atoms with Crippen molar-refractivity contribution in [1.82, 2.24) is 14.9 Å². The Morgan fingerprint density at radius 2 is 2.17 bits per heavy atom. The van der Waals surface area contributed by atoms with Gasteiger partial charge in [-0.05, 0) is 20.0 Å². The second-order valence-electron chi connectivity index (χ2n) is 4.36. The van der Waals surface area contributed by atoms with Gasteiger partial charge in [-0.15, -0.1) is 0 Å². The summed E-state index contributed by atoms with van der Waals surface area (Å²) in [4.78, 5) is 4.41. The molecule has 4 heteroatoms. The van der Waals surface area contributed by atoms with Gasteiger partial charge in [-0.1, -0.05) is 17.7 Å². The van der Waals surface area contributed by atoms with Gasteiger partial charge in [0.05, 0.1) is 13.2 Å². The minimum absolute atomic E-state index is 0.0276. The Bertz CT molecular complexity index is 534. The first-order chi connectivity index (χ1) is 8.67. The molecule has 0 spiro atoms. The molecule has 0 bridgehead atoms. The van der Waals surface area contributed by atoms with Crippen molar-refractivity contribution < 1.29 is 4.74 Å². The summed E-state index contributed by atoms with van der Waals surface area (Å²) in [5.41, 5.74) is 2.31. The Morgan fingerprint density at radius 1 is 1.39 bits per heavy atom. The number of benzene rings is 1. The van der Waals surface area contributed by atoms with Gasteiger partial charge < -0.3 is 14.6 Å². The lowest BCUT2D eigenvalue weighted by molar-refractivity contribution is 0.403. The highest BCUT2D eigenvalue weighted by Gasteiger charge is 2.20. The molecule has 1 heterocycles. The summed E-state index contributed by atoms with van der Waals surface area (Å²) < 4.78 is 7.46. The van der Waals surface area contributed by atoms with Crippen molar-refractivity contribution in [2.45, 2.75) is 13.0 Å². The van der Waals surface area contributed by atoms with Crippen molar-refractivity contribution >= 4 is 0 Å². The molecule has 18 heavy (non-hydrogen) atoms. The van der Waals surface area contributed by atoms with Crippen molar-refractivity contribution in [3.05, 3.63) is 47.5 Å². The third-order valence-corrected chi connectivity index (χ3v) is 3.10. The molecule has 0 aliphatic heterocycles. The smallest absolute Gasteiger partial charge is 0.130 e. The first-order valence-electron chi connectivity index (χ1n) is 5.96. The Balaban J connectivity index is 2.51. The second kappa shape index (κ2) is 5.23. The van der Waals surface area contributed by atoms with E-state index in [0.717, 1.165) is 17.1 Å². The summed E-state index contributed by atoms with van der Waals surface area (Å²) in [5.74, 6) is 1.85. The zero-order valence-corrected chi connectivity index (χ0v) is 11.3. The van der Waals surface area contributed by atoms with Gasteiger partial charge in [0.2, 0.25) is 0 Å². The predicted octanol–water partition coefficient (Wildman–Crippen LogP) is 2.05. The highest BCUT2D eigenvalue weighted by atomic mass is 16.5. The van der Waals surface area contributed by atoms with E-state index in [4.69, 9.17) is 4.74 Å². The minimum Gasteiger partial charge on any atom is -0.496 e. The van der Waals surface area contributed by atoms with E-state index in [1.165, 1.54) is 5.56 Å². The van der Waals surface area contributed by atoms with Crippen molar-refractivity contribution in [2.24, 2.45) is 7.05 Å². The average molecular weight is 245 g/mol. The molecule has 0 amide bonds. The minimum atomic E-state index is 0.0276. The number of hydrogen-bond donors (Lipinski definition) is 1. The molecule has 0 fully saturated rings. The number of rotatable bonds is 4. The molecule has 0 radical (unpaired) electrons. The molecule has 0 saturated carbocycles. The van der Waals surface area contributed by atoms with Crippen LogP contribution in [0.25, 0.3) is 0 Å². The monoisotopic (exact) mass is 245 g/mol. The molecule has 1 N–H and O–H groups in total. The number of ether oxygens (including phenoxy) is 1. The lowest BCUT2D eigenvalue weighted by Gasteiger charge is -2.19. The molecule has 96 valence electrons. The summed E-state index contributed by atoms with van der Waals surface area (Å²) in [7, 11) is 5.62. The van der Waals surface area contributed by atoms with Crippen molar-refractivity contribution in [1.29, 1.82) is 0 Å². The molecule has 0 saturated heterocycles. The van der Waals surface area contributed by atoms with Crippen molar-refractivity contribution in [2.75, 3.05) is 14.2 Å². The van der Waals surface area contributed by atoms with Gasteiger partial charge in [-0.3, -0.25) is 0 Å². The number of nitrogens with one attached hydrogen (secondary N) is 1. The van der Waals surface area contributed by atoms with Crippen molar-refractivity contribution in [3.63, 3.8) is 0 Å². The molecular formula is C14H19N3O. The van der Waals surface area contributed by atoms with Gasteiger partial charge in [-0.2, -0.15) is 0 Å². The summed E-state index contributed by atoms with van der Waals surface area (Å²) in [6, 6.07) is 6.21. The molecule has 4 nitrogen and oxygen atoms in total. The quantitative estimate of drug-likeness (QED) is 0.896. The molecular weight excluding hydrogens is 226 g/mol. The molecule has 1 unspecified atom stereocenters. The zero-order valence-electron chi connectivity index (χ0n) is 11.3. The largest absolute Gasteiger partial charge is 0.496 e. The lowest BCUT2D eigenvalue weighted by atomic mass is 10.0. The summed E-state index contributed by atoms with van der Waals surface area (Å²) in [6.45, 7) is 2.08. The maximum absolute atomic E-state index is 5.44. The van der Waals surface area contributed by atoms with E-state index in [-0.39, 0.29) is 6.04 Å². The average Bonchev–Trinajstić information content (AvgIpc) is 2.77. The first-order valence-corrected chi connectivity index (χ1v) is 5.96. The fourth-order valence-electron chi connectivity index (χ4n) is 2.16. The standard InChI is InChI=1S/C14H19N3O/c1-10-5-6-12(18-4)11(9-10)13(15-2)14-16-7-8-17(14)3/h5-9,13,15H,1-4H3. The van der Waals surface area contributed by atoms with Crippen LogP contribution in [0.5, 0.6) is 5.75 Å². The molecule has 1 atom stereocenters. The molecule has 2 rings (SSSR count). The molecule has 1 aromatic carbocycles. The van der Waals surface area contributed by atoms with E-state index in [0.29, 0.717) is 0 Å². The van der Waals surface area contributed by atoms with Crippen LogP contribution >= 0.6 is 0 Å². The predicted molar refractivity (Wildman–Crippen MR) is 71.8 cm³/mol. The normalized spacial score (nSPS) is 12.4. The number of methoxy groups -OCH3 is 1. The number of aromatic nitrogens is 2. The van der Waals surface area contributed by atoms with Gasteiger partial charge in [0, 0.05) is 25.0 Å². The van der Waals surface area contributed by atoms with E-state index in [1.807, 2.05) is 43.2 Å². The van der Waals surface area contributed by atoms with Gasteiger partial charge in [0.1, 0.15) is 11.6 Å².